The molecule has 0 spiro atoms. The summed E-state index contributed by atoms with van der Waals surface area (Å²) >= 11 is 0.996. The third-order valence-electron chi connectivity index (χ3n) is 4.47. The molecule has 11 heteroatoms. The van der Waals surface area contributed by atoms with Crippen molar-refractivity contribution >= 4 is 27.5 Å². The minimum atomic E-state index is -4.05. The van der Waals surface area contributed by atoms with Crippen molar-refractivity contribution in [3.8, 4) is 11.5 Å². The van der Waals surface area contributed by atoms with Gasteiger partial charge < -0.3 is 19.8 Å². The van der Waals surface area contributed by atoms with Gasteiger partial charge in [0.25, 0.3) is 5.56 Å². The lowest BCUT2D eigenvalue weighted by Crippen LogP contribution is -2.25. The van der Waals surface area contributed by atoms with E-state index < -0.39 is 20.3 Å². The summed E-state index contributed by atoms with van der Waals surface area (Å²) in [5.41, 5.74) is 0.101. The molecule has 3 aromatic rings. The highest BCUT2D eigenvalue weighted by atomic mass is 32.2. The van der Waals surface area contributed by atoms with Gasteiger partial charge in [-0.1, -0.05) is 23.9 Å². The molecule has 1 amide bonds. The molecule has 1 aromatic heterocycles. The van der Waals surface area contributed by atoms with Crippen LogP contribution in [0.25, 0.3) is 0 Å². The number of amides is 1. The number of carbonyl (C=O) groups excluding carboxylic acids is 1. The average Bonchev–Trinajstić information content (AvgIpc) is 2.82. The van der Waals surface area contributed by atoms with E-state index in [1.165, 1.54) is 24.3 Å². The normalized spacial score (nSPS) is 11.1. The van der Waals surface area contributed by atoms with E-state index in [0.29, 0.717) is 18.9 Å². The molecule has 0 saturated heterocycles. The predicted molar refractivity (Wildman–Crippen MR) is 123 cm³/mol. The fourth-order valence-corrected chi connectivity index (χ4v) is 4.67. The van der Waals surface area contributed by atoms with E-state index in [1.807, 2.05) is 19.1 Å². The first-order chi connectivity index (χ1) is 15.8. The first-order valence-corrected chi connectivity index (χ1v) is 12.4. The summed E-state index contributed by atoms with van der Waals surface area (Å²) in [4.78, 5) is 30.4. The number of rotatable bonds is 10. The van der Waals surface area contributed by atoms with E-state index in [4.69, 9.17) is 9.47 Å². The second-order valence-electron chi connectivity index (χ2n) is 6.70. The van der Waals surface area contributed by atoms with Gasteiger partial charge in [0.2, 0.25) is 15.7 Å². The molecule has 2 N–H and O–H groups in total. The Hall–Kier alpha value is -3.31. The zero-order chi connectivity index (χ0) is 23.8. The van der Waals surface area contributed by atoms with E-state index in [1.54, 1.807) is 19.2 Å². The van der Waals surface area contributed by atoms with Crippen LogP contribution in [0.1, 0.15) is 12.5 Å². The van der Waals surface area contributed by atoms with Gasteiger partial charge in [-0.2, -0.15) is 0 Å². The number of sulfone groups is 1. The lowest BCUT2D eigenvalue weighted by atomic mass is 10.2. The van der Waals surface area contributed by atoms with Crippen molar-refractivity contribution in [1.82, 2.24) is 15.3 Å². The highest BCUT2D eigenvalue weighted by Crippen LogP contribution is 2.21. The third-order valence-corrected chi connectivity index (χ3v) is 7.12. The Bertz CT molecular complexity index is 1260. The average molecular weight is 490 g/mol. The Morgan fingerprint density at radius 3 is 2.36 bits per heavy atom. The van der Waals surface area contributed by atoms with Crippen LogP contribution in [-0.4, -0.2) is 43.8 Å². The van der Waals surface area contributed by atoms with Gasteiger partial charge in [0.15, 0.2) is 10.1 Å². The van der Waals surface area contributed by atoms with Crippen molar-refractivity contribution in [1.29, 1.82) is 0 Å². The maximum atomic E-state index is 12.8. The number of benzene rings is 2. The van der Waals surface area contributed by atoms with E-state index in [0.717, 1.165) is 29.3 Å². The van der Waals surface area contributed by atoms with Crippen molar-refractivity contribution in [2.75, 3.05) is 19.5 Å². The number of methoxy groups -OCH3 is 1. The predicted octanol–water partition coefficient (Wildman–Crippen LogP) is 2.42. The number of hydrogen-bond donors (Lipinski definition) is 2. The summed E-state index contributed by atoms with van der Waals surface area (Å²) in [6.07, 6.45) is 1.00. The first-order valence-electron chi connectivity index (χ1n) is 9.93. The van der Waals surface area contributed by atoms with Crippen molar-refractivity contribution in [2.45, 2.75) is 28.4 Å². The van der Waals surface area contributed by atoms with Gasteiger partial charge in [-0.05, 0) is 48.9 Å². The van der Waals surface area contributed by atoms with Crippen LogP contribution < -0.4 is 20.3 Å². The molecule has 0 aliphatic rings. The number of nitrogens with one attached hydrogen (secondary N) is 2. The Labute approximate surface area is 195 Å². The van der Waals surface area contributed by atoms with Crippen LogP contribution in [0.5, 0.6) is 11.5 Å². The Morgan fingerprint density at radius 2 is 1.76 bits per heavy atom. The van der Waals surface area contributed by atoms with Gasteiger partial charge in [-0.25, -0.2) is 13.4 Å². The van der Waals surface area contributed by atoms with E-state index in [-0.39, 0.29) is 21.7 Å². The molecule has 0 bridgehead atoms. The molecule has 0 atom stereocenters. The zero-order valence-corrected chi connectivity index (χ0v) is 19.7. The number of thioether (sulfide) groups is 1. The van der Waals surface area contributed by atoms with Crippen LogP contribution in [0.2, 0.25) is 0 Å². The fourth-order valence-electron chi connectivity index (χ4n) is 2.77. The van der Waals surface area contributed by atoms with Gasteiger partial charge in [0, 0.05) is 6.54 Å². The topological polar surface area (TPSA) is 127 Å². The number of hydrogen-bond acceptors (Lipinski definition) is 8. The second kappa shape index (κ2) is 11.0. The van der Waals surface area contributed by atoms with Crippen molar-refractivity contribution in [2.24, 2.45) is 0 Å². The number of aromatic amines is 1. The molecule has 3 rings (SSSR count). The molecule has 0 saturated carbocycles. The van der Waals surface area contributed by atoms with E-state index in [2.05, 4.69) is 15.3 Å². The summed E-state index contributed by atoms with van der Waals surface area (Å²) in [7, 11) is -2.48. The van der Waals surface area contributed by atoms with Crippen LogP contribution in [-0.2, 0) is 21.2 Å². The highest BCUT2D eigenvalue weighted by molar-refractivity contribution is 7.99. The fraction of sp³-hybridized carbons (Fsp3) is 0.227. The van der Waals surface area contributed by atoms with Crippen LogP contribution in [0, 0.1) is 0 Å². The molecule has 0 fully saturated rings. The summed E-state index contributed by atoms with van der Waals surface area (Å²) in [6, 6.07) is 13.1. The smallest absolute Gasteiger partial charge is 0.270 e. The SMILES string of the molecule is CCOc1ccc(S(=O)(=O)c2cnc(SCC(=O)NCc3ccc(OC)cc3)[nH]c2=O)cc1. The minimum absolute atomic E-state index is 0.00405. The van der Waals surface area contributed by atoms with Gasteiger partial charge >= 0.3 is 0 Å². The minimum Gasteiger partial charge on any atom is -0.497 e. The van der Waals surface area contributed by atoms with Crippen LogP contribution in [0.3, 0.4) is 0 Å². The van der Waals surface area contributed by atoms with Crippen molar-refractivity contribution in [3.05, 3.63) is 70.6 Å². The molecule has 2 aromatic carbocycles. The van der Waals surface area contributed by atoms with Gasteiger partial charge in [-0.3, -0.25) is 9.59 Å². The van der Waals surface area contributed by atoms with E-state index in [9.17, 15) is 18.0 Å². The molecular weight excluding hydrogens is 466 g/mol. The van der Waals surface area contributed by atoms with Gasteiger partial charge in [0.1, 0.15) is 11.5 Å². The number of H-pyrrole nitrogens is 1. The molecule has 0 aliphatic heterocycles. The molecular formula is C22H23N3O6S2. The Kier molecular flexibility index (Phi) is 8.12. The number of aromatic nitrogens is 2. The molecule has 1 heterocycles. The number of nitrogens with zero attached hydrogens (tertiary/aromatic N) is 1. The molecule has 0 radical (unpaired) electrons. The van der Waals surface area contributed by atoms with Gasteiger partial charge in [-0.15, -0.1) is 0 Å². The lowest BCUT2D eigenvalue weighted by Gasteiger charge is -2.07. The lowest BCUT2D eigenvalue weighted by molar-refractivity contribution is -0.118. The monoisotopic (exact) mass is 489 g/mol. The maximum Gasteiger partial charge on any atom is 0.270 e. The number of carbonyl (C=O) groups is 1. The van der Waals surface area contributed by atoms with Gasteiger partial charge in [0.05, 0.1) is 30.6 Å². The Morgan fingerprint density at radius 1 is 1.09 bits per heavy atom. The molecule has 9 nitrogen and oxygen atoms in total. The Balaban J connectivity index is 1.60. The standard InChI is InChI=1S/C22H23N3O6S2/c1-3-31-17-8-10-18(11-9-17)33(28,29)19-13-24-22(25-21(19)27)32-14-20(26)23-12-15-4-6-16(30-2)7-5-15/h4-11,13H,3,12,14H2,1-2H3,(H,23,26)(H,24,25,27). The summed E-state index contributed by atoms with van der Waals surface area (Å²) < 4.78 is 36.0. The van der Waals surface area contributed by atoms with Crippen LogP contribution >= 0.6 is 11.8 Å². The first kappa shape index (κ1) is 24.3. The summed E-state index contributed by atoms with van der Waals surface area (Å²) in [6.45, 7) is 2.61. The molecule has 0 aliphatic carbocycles. The molecule has 33 heavy (non-hydrogen) atoms. The zero-order valence-electron chi connectivity index (χ0n) is 18.0. The second-order valence-corrected chi connectivity index (χ2v) is 9.59. The quantitative estimate of drug-likeness (QED) is 0.328. The summed E-state index contributed by atoms with van der Waals surface area (Å²) in [5.74, 6) is 0.998. The molecule has 174 valence electrons. The number of ether oxygens (including phenoxy) is 2. The largest absolute Gasteiger partial charge is 0.497 e. The van der Waals surface area contributed by atoms with Crippen molar-refractivity contribution in [3.63, 3.8) is 0 Å². The van der Waals surface area contributed by atoms with Crippen LogP contribution in [0.4, 0.5) is 0 Å². The third kappa shape index (κ3) is 6.36. The van der Waals surface area contributed by atoms with E-state index >= 15 is 0 Å². The van der Waals surface area contributed by atoms with Crippen LogP contribution in [0.15, 0.2) is 74.5 Å². The summed E-state index contributed by atoms with van der Waals surface area (Å²) in [5, 5.41) is 2.91. The maximum absolute atomic E-state index is 12.8. The highest BCUT2D eigenvalue weighted by Gasteiger charge is 2.22. The molecule has 0 unspecified atom stereocenters. The van der Waals surface area contributed by atoms with Crippen molar-refractivity contribution < 1.29 is 22.7 Å².